The van der Waals surface area contributed by atoms with E-state index in [1.807, 2.05) is 43.3 Å². The number of piperidine rings is 1. The number of hydrogen-bond acceptors (Lipinski definition) is 6. The van der Waals surface area contributed by atoms with E-state index in [1.165, 1.54) is 6.07 Å². The summed E-state index contributed by atoms with van der Waals surface area (Å²) < 4.78 is 35.8. The molecule has 0 aliphatic carbocycles. The first-order chi connectivity index (χ1) is 26.0. The van der Waals surface area contributed by atoms with Crippen LogP contribution >= 0.6 is 11.6 Å². The van der Waals surface area contributed by atoms with Gasteiger partial charge in [0.1, 0.15) is 11.6 Å². The third kappa shape index (κ3) is 6.20. The van der Waals surface area contributed by atoms with E-state index >= 15 is 0 Å². The number of benzene rings is 4. The Morgan fingerprint density at radius 2 is 1.85 bits per heavy atom. The molecule has 11 heteroatoms. The molecule has 0 saturated carbocycles. The normalized spacial score (nSPS) is 20.1. The number of ether oxygens (including phenoxy) is 3. The third-order valence-electron chi connectivity index (χ3n) is 11.6. The number of para-hydroxylation sites is 1. The Hall–Kier alpha value is -4.90. The molecule has 2 atom stereocenters. The number of halogens is 2. The summed E-state index contributed by atoms with van der Waals surface area (Å²) in [7, 11) is 0. The second kappa shape index (κ2) is 13.4. The molecule has 5 heterocycles. The van der Waals surface area contributed by atoms with Gasteiger partial charge in [-0.05, 0) is 125 Å². The molecule has 3 aliphatic heterocycles. The van der Waals surface area contributed by atoms with Gasteiger partial charge in [-0.1, -0.05) is 23.7 Å². The van der Waals surface area contributed by atoms with Gasteiger partial charge in [0.05, 0.1) is 35.8 Å². The number of hydrogen-bond donors (Lipinski definition) is 2. The van der Waals surface area contributed by atoms with E-state index in [4.69, 9.17) is 30.8 Å². The number of fused-ring (bicyclic) bond motifs is 3. The quantitative estimate of drug-likeness (QED) is 0.161. The van der Waals surface area contributed by atoms with Crippen molar-refractivity contribution >= 4 is 45.1 Å². The molecule has 0 spiro atoms. The van der Waals surface area contributed by atoms with Gasteiger partial charge < -0.3 is 29.1 Å². The van der Waals surface area contributed by atoms with E-state index in [1.54, 1.807) is 19.1 Å². The number of carbonyl (C=O) groups is 1. The molecule has 2 unspecified atom stereocenters. The first kappa shape index (κ1) is 34.8. The number of likely N-dealkylation sites (tertiary alicyclic amines) is 1. The SMILES string of the molecule is Cc1[nH]c2c(C)cc(C(=O)Nc3ccc4c(c3)nc(CN3CCC(c5cccc6c5OC(C)(c5ccc(Cl)cc5F)O6)CC3)n4CC3CCO3)cc2c1C. The maximum Gasteiger partial charge on any atom is 0.278 e. The van der Waals surface area contributed by atoms with Gasteiger partial charge in [-0.3, -0.25) is 9.69 Å². The molecule has 0 bridgehead atoms. The van der Waals surface area contributed by atoms with Gasteiger partial charge in [0, 0.05) is 52.0 Å². The van der Waals surface area contributed by atoms with Crippen molar-refractivity contribution < 1.29 is 23.4 Å². The van der Waals surface area contributed by atoms with Crippen molar-refractivity contribution in [3.05, 3.63) is 117 Å². The molecule has 2 fully saturated rings. The number of aryl methyl sites for hydroxylation is 3. The zero-order valence-corrected chi connectivity index (χ0v) is 31.6. The van der Waals surface area contributed by atoms with E-state index in [0.29, 0.717) is 39.9 Å². The Labute approximate surface area is 318 Å². The minimum atomic E-state index is -1.28. The van der Waals surface area contributed by atoms with Gasteiger partial charge >= 0.3 is 0 Å². The predicted molar refractivity (Wildman–Crippen MR) is 208 cm³/mol. The number of imidazole rings is 1. The molecule has 3 aliphatic rings. The largest absolute Gasteiger partial charge is 0.444 e. The van der Waals surface area contributed by atoms with Crippen LogP contribution < -0.4 is 14.8 Å². The molecule has 54 heavy (non-hydrogen) atoms. The summed E-state index contributed by atoms with van der Waals surface area (Å²) in [4.78, 5) is 24.5. The van der Waals surface area contributed by atoms with Crippen molar-refractivity contribution in [1.29, 1.82) is 0 Å². The van der Waals surface area contributed by atoms with Crippen LogP contribution in [0.2, 0.25) is 5.02 Å². The van der Waals surface area contributed by atoms with Crippen LogP contribution in [0.15, 0.2) is 66.7 Å². The zero-order chi connectivity index (χ0) is 37.3. The molecule has 278 valence electrons. The van der Waals surface area contributed by atoms with Gasteiger partial charge in [0.25, 0.3) is 11.7 Å². The number of H-pyrrole nitrogens is 1. The molecular formula is C43H43ClFN5O4. The smallest absolute Gasteiger partial charge is 0.278 e. The fraction of sp³-hybridized carbons (Fsp3) is 0.349. The molecule has 1 amide bonds. The van der Waals surface area contributed by atoms with Crippen molar-refractivity contribution in [3.8, 4) is 11.5 Å². The van der Waals surface area contributed by atoms with Crippen LogP contribution in [0.25, 0.3) is 21.9 Å². The summed E-state index contributed by atoms with van der Waals surface area (Å²) in [6.07, 6.45) is 3.06. The van der Waals surface area contributed by atoms with Gasteiger partial charge in [-0.2, -0.15) is 0 Å². The maximum absolute atomic E-state index is 15.0. The minimum absolute atomic E-state index is 0.147. The van der Waals surface area contributed by atoms with Gasteiger partial charge in [-0.25, -0.2) is 9.37 Å². The molecule has 2 aromatic heterocycles. The Morgan fingerprint density at radius 3 is 2.61 bits per heavy atom. The van der Waals surface area contributed by atoms with Crippen molar-refractivity contribution in [2.45, 2.75) is 77.9 Å². The number of rotatable bonds is 8. The van der Waals surface area contributed by atoms with Crippen molar-refractivity contribution in [2.75, 3.05) is 25.0 Å². The summed E-state index contributed by atoms with van der Waals surface area (Å²) in [5, 5.41) is 4.52. The predicted octanol–water partition coefficient (Wildman–Crippen LogP) is 9.30. The molecule has 0 radical (unpaired) electrons. The van der Waals surface area contributed by atoms with Crippen LogP contribution in [0, 0.1) is 26.6 Å². The van der Waals surface area contributed by atoms with Crippen molar-refractivity contribution in [2.24, 2.45) is 0 Å². The summed E-state index contributed by atoms with van der Waals surface area (Å²) in [6.45, 7) is 11.9. The lowest BCUT2D eigenvalue weighted by molar-refractivity contribution is -0.0712. The van der Waals surface area contributed by atoms with Crippen molar-refractivity contribution in [3.63, 3.8) is 0 Å². The summed E-state index contributed by atoms with van der Waals surface area (Å²) in [5.74, 6) is 0.661. The number of nitrogens with zero attached hydrogens (tertiary/aromatic N) is 3. The Kier molecular flexibility index (Phi) is 8.67. The monoisotopic (exact) mass is 747 g/mol. The topological polar surface area (TPSA) is 93.6 Å². The average molecular weight is 748 g/mol. The highest BCUT2D eigenvalue weighted by atomic mass is 35.5. The average Bonchev–Trinajstić information content (AvgIpc) is 3.76. The highest BCUT2D eigenvalue weighted by Gasteiger charge is 2.43. The number of nitrogens with one attached hydrogen (secondary N) is 2. The number of aromatic amines is 1. The van der Waals surface area contributed by atoms with Crippen LogP contribution in [0.4, 0.5) is 10.1 Å². The summed E-state index contributed by atoms with van der Waals surface area (Å²) in [6, 6.07) is 20.4. The summed E-state index contributed by atoms with van der Waals surface area (Å²) in [5.41, 5.74) is 8.99. The van der Waals surface area contributed by atoms with Crippen molar-refractivity contribution in [1.82, 2.24) is 19.4 Å². The highest BCUT2D eigenvalue weighted by molar-refractivity contribution is 6.30. The first-order valence-corrected chi connectivity index (χ1v) is 19.1. The number of aromatic nitrogens is 3. The molecule has 9 nitrogen and oxygen atoms in total. The third-order valence-corrected chi connectivity index (χ3v) is 11.8. The minimum Gasteiger partial charge on any atom is -0.444 e. The second-order valence-corrected chi connectivity index (χ2v) is 15.6. The number of carbonyl (C=O) groups excluding carboxylic acids is 1. The Bertz CT molecular complexity index is 2450. The molecular weight excluding hydrogens is 705 g/mol. The van der Waals surface area contributed by atoms with E-state index in [-0.39, 0.29) is 17.9 Å². The van der Waals surface area contributed by atoms with Crippen LogP contribution in [-0.4, -0.2) is 51.1 Å². The van der Waals surface area contributed by atoms with Gasteiger partial charge in [0.2, 0.25) is 0 Å². The number of amides is 1. The Morgan fingerprint density at radius 1 is 1.04 bits per heavy atom. The highest BCUT2D eigenvalue weighted by Crippen LogP contribution is 2.50. The second-order valence-electron chi connectivity index (χ2n) is 15.2. The zero-order valence-electron chi connectivity index (χ0n) is 30.9. The van der Waals surface area contributed by atoms with E-state index < -0.39 is 11.6 Å². The standard InChI is InChI=1S/C43H43ClFN5O4/c1-24-18-28(19-33-25(2)26(3)46-40(24)33)42(51)47-30-9-11-37-36(21-30)48-39(50(37)22-31-14-17-52-31)23-49-15-12-27(13-16-49)32-6-5-7-38-41(32)54-43(4,53-38)34-10-8-29(44)20-35(34)45/h5-11,18-21,27,31,46H,12-17,22-23H2,1-4H3,(H,47,51). The van der Waals surface area contributed by atoms with Crippen LogP contribution in [0.3, 0.4) is 0 Å². The van der Waals surface area contributed by atoms with Gasteiger partial charge in [0.15, 0.2) is 11.5 Å². The molecule has 6 aromatic rings. The Balaban J connectivity index is 0.913. The lowest BCUT2D eigenvalue weighted by atomic mass is 9.88. The van der Waals surface area contributed by atoms with Gasteiger partial charge in [-0.15, -0.1) is 0 Å². The van der Waals surface area contributed by atoms with Crippen LogP contribution in [-0.2, 0) is 23.6 Å². The molecule has 4 aromatic carbocycles. The lowest BCUT2D eigenvalue weighted by Crippen LogP contribution is -2.35. The summed E-state index contributed by atoms with van der Waals surface area (Å²) >= 11 is 6.02. The van der Waals surface area contributed by atoms with E-state index in [0.717, 1.165) is 95.6 Å². The first-order valence-electron chi connectivity index (χ1n) is 18.7. The van der Waals surface area contributed by atoms with E-state index in [2.05, 4.69) is 45.7 Å². The maximum atomic E-state index is 15.0. The van der Waals surface area contributed by atoms with Crippen LogP contribution in [0.5, 0.6) is 11.5 Å². The van der Waals surface area contributed by atoms with Crippen LogP contribution in [0.1, 0.15) is 76.2 Å². The molecule has 9 rings (SSSR count). The number of anilines is 1. The molecule has 2 saturated heterocycles. The molecule has 2 N–H and O–H groups in total. The van der Waals surface area contributed by atoms with E-state index in [9.17, 15) is 9.18 Å². The lowest BCUT2D eigenvalue weighted by Gasteiger charge is -2.33. The fourth-order valence-corrected chi connectivity index (χ4v) is 8.48. The fourth-order valence-electron chi connectivity index (χ4n) is 8.32.